The summed E-state index contributed by atoms with van der Waals surface area (Å²) >= 11 is 12.4. The van der Waals surface area contributed by atoms with Crippen LogP contribution in [0.25, 0.3) is 28.3 Å². The Labute approximate surface area is 195 Å². The molecule has 1 aromatic heterocycles. The van der Waals surface area contributed by atoms with E-state index in [2.05, 4.69) is 4.98 Å². The van der Waals surface area contributed by atoms with Crippen molar-refractivity contribution in [3.8, 4) is 28.3 Å². The number of imidazole rings is 1. The number of carbonyl (C=O) groups excluding carboxylic acids is 1. The lowest BCUT2D eigenvalue weighted by atomic mass is 10.1. The van der Waals surface area contributed by atoms with Gasteiger partial charge in [0.1, 0.15) is 5.82 Å². The average molecular weight is 469 g/mol. The number of aromatic nitrogens is 2. The minimum absolute atomic E-state index is 0.0406. The molecule has 0 unspecified atom stereocenters. The molecule has 7 heteroatoms. The fraction of sp³-hybridized carbons (Fsp3) is 0.120. The Kier molecular flexibility index (Phi) is 6.31. The zero-order valence-electron chi connectivity index (χ0n) is 17.4. The van der Waals surface area contributed by atoms with Gasteiger partial charge in [0.05, 0.1) is 23.0 Å². The second kappa shape index (κ2) is 9.15. The van der Waals surface area contributed by atoms with Crippen LogP contribution in [0.15, 0.2) is 66.7 Å². The first-order valence-electron chi connectivity index (χ1n) is 9.98. The fourth-order valence-electron chi connectivity index (χ4n) is 3.54. The second-order valence-electron chi connectivity index (χ2n) is 7.14. The van der Waals surface area contributed by atoms with E-state index in [0.717, 1.165) is 5.56 Å². The Morgan fingerprint density at radius 2 is 1.75 bits per heavy atom. The van der Waals surface area contributed by atoms with E-state index in [-0.39, 0.29) is 23.0 Å². The van der Waals surface area contributed by atoms with Crippen LogP contribution in [0, 0.1) is 12.7 Å². The number of carbonyl (C=O) groups is 1. The molecule has 0 N–H and O–H groups in total. The van der Waals surface area contributed by atoms with Crippen molar-refractivity contribution in [1.82, 2.24) is 9.55 Å². The number of benzene rings is 3. The second-order valence-corrected chi connectivity index (χ2v) is 7.98. The monoisotopic (exact) mass is 468 g/mol. The van der Waals surface area contributed by atoms with Crippen molar-refractivity contribution in [2.75, 3.05) is 6.61 Å². The highest BCUT2D eigenvalue weighted by atomic mass is 35.5. The van der Waals surface area contributed by atoms with Gasteiger partial charge in [-0.25, -0.2) is 14.2 Å². The molecule has 0 radical (unpaired) electrons. The van der Waals surface area contributed by atoms with Crippen molar-refractivity contribution >= 4 is 29.2 Å². The van der Waals surface area contributed by atoms with E-state index < -0.39 is 11.8 Å². The fourth-order valence-corrected chi connectivity index (χ4v) is 3.90. The molecule has 32 heavy (non-hydrogen) atoms. The SMILES string of the molecule is CCOC(=O)c1nc(-c2cccc(C)c2)n(-c2cccc(Cl)c2F)c1-c1cccc(Cl)c1. The van der Waals surface area contributed by atoms with Gasteiger partial charge in [-0.15, -0.1) is 0 Å². The van der Waals surface area contributed by atoms with Crippen LogP contribution in [0.1, 0.15) is 23.0 Å². The van der Waals surface area contributed by atoms with Gasteiger partial charge >= 0.3 is 5.97 Å². The number of esters is 1. The van der Waals surface area contributed by atoms with Gasteiger partial charge in [0, 0.05) is 16.1 Å². The zero-order valence-corrected chi connectivity index (χ0v) is 18.9. The summed E-state index contributed by atoms with van der Waals surface area (Å²) in [4.78, 5) is 17.5. The highest BCUT2D eigenvalue weighted by Gasteiger charge is 2.28. The molecule has 0 amide bonds. The molecular weight excluding hydrogens is 450 g/mol. The largest absolute Gasteiger partial charge is 0.461 e. The molecule has 0 aliphatic carbocycles. The van der Waals surface area contributed by atoms with Gasteiger partial charge in [-0.1, -0.05) is 65.2 Å². The lowest BCUT2D eigenvalue weighted by molar-refractivity contribution is 0.0521. The van der Waals surface area contributed by atoms with Crippen LogP contribution in [-0.2, 0) is 4.74 Å². The molecule has 0 spiro atoms. The van der Waals surface area contributed by atoms with Crippen LogP contribution >= 0.6 is 23.2 Å². The predicted octanol–water partition coefficient (Wildman–Crippen LogP) is 7.14. The molecule has 0 atom stereocenters. The van der Waals surface area contributed by atoms with Crippen molar-refractivity contribution < 1.29 is 13.9 Å². The summed E-state index contributed by atoms with van der Waals surface area (Å²) in [5.74, 6) is -0.857. The van der Waals surface area contributed by atoms with Crippen LogP contribution in [-0.4, -0.2) is 22.1 Å². The Morgan fingerprint density at radius 3 is 2.47 bits per heavy atom. The molecule has 162 valence electrons. The minimum Gasteiger partial charge on any atom is -0.461 e. The first-order valence-corrected chi connectivity index (χ1v) is 10.7. The van der Waals surface area contributed by atoms with Gasteiger partial charge in [-0.3, -0.25) is 4.57 Å². The maximum atomic E-state index is 15.3. The molecule has 0 aliphatic heterocycles. The van der Waals surface area contributed by atoms with E-state index in [1.807, 2.05) is 31.2 Å². The summed E-state index contributed by atoms with van der Waals surface area (Å²) in [5, 5.41) is 0.426. The number of halogens is 3. The molecule has 4 nitrogen and oxygen atoms in total. The Bertz CT molecular complexity index is 1320. The molecule has 0 aliphatic rings. The van der Waals surface area contributed by atoms with Gasteiger partial charge in [0.25, 0.3) is 0 Å². The van der Waals surface area contributed by atoms with E-state index >= 15 is 4.39 Å². The minimum atomic E-state index is -0.626. The zero-order chi connectivity index (χ0) is 22.8. The standard InChI is InChI=1S/C25H19Cl2FN2O2/c1-3-32-25(31)22-23(16-8-5-10-18(26)14-16)30(20-12-6-11-19(27)21(20)28)24(29-22)17-9-4-7-15(2)13-17/h4-14H,3H2,1-2H3. The number of ether oxygens (including phenoxy) is 1. The van der Waals surface area contributed by atoms with Crippen molar-refractivity contribution in [3.05, 3.63) is 93.8 Å². The third-order valence-electron chi connectivity index (χ3n) is 4.89. The number of rotatable bonds is 5. The van der Waals surface area contributed by atoms with E-state index in [0.29, 0.717) is 27.7 Å². The van der Waals surface area contributed by atoms with Gasteiger partial charge in [0.2, 0.25) is 0 Å². The number of hydrogen-bond donors (Lipinski definition) is 0. The molecular formula is C25H19Cl2FN2O2. The quantitative estimate of drug-likeness (QED) is 0.292. The summed E-state index contributed by atoms with van der Waals surface area (Å²) in [5.41, 5.74) is 2.88. The molecule has 0 saturated carbocycles. The van der Waals surface area contributed by atoms with Crippen LogP contribution in [0.2, 0.25) is 10.0 Å². The molecule has 1 heterocycles. The van der Waals surface area contributed by atoms with Crippen LogP contribution < -0.4 is 0 Å². The molecule has 0 bridgehead atoms. The van der Waals surface area contributed by atoms with Crippen LogP contribution in [0.5, 0.6) is 0 Å². The lowest BCUT2D eigenvalue weighted by Gasteiger charge is -2.15. The molecule has 4 rings (SSSR count). The maximum absolute atomic E-state index is 15.3. The van der Waals surface area contributed by atoms with Crippen molar-refractivity contribution in [3.63, 3.8) is 0 Å². The molecule has 4 aromatic rings. The van der Waals surface area contributed by atoms with E-state index in [1.165, 1.54) is 6.07 Å². The third-order valence-corrected chi connectivity index (χ3v) is 5.42. The molecule has 0 fully saturated rings. The summed E-state index contributed by atoms with van der Waals surface area (Å²) < 4.78 is 22.1. The molecule has 0 saturated heterocycles. The van der Waals surface area contributed by atoms with Crippen molar-refractivity contribution in [2.45, 2.75) is 13.8 Å². The average Bonchev–Trinajstić information content (AvgIpc) is 3.16. The van der Waals surface area contributed by atoms with Crippen molar-refractivity contribution in [2.24, 2.45) is 0 Å². The van der Waals surface area contributed by atoms with Gasteiger partial charge in [-0.2, -0.15) is 0 Å². The first-order chi connectivity index (χ1) is 15.4. The van der Waals surface area contributed by atoms with E-state index in [9.17, 15) is 4.79 Å². The Morgan fingerprint density at radius 1 is 1.03 bits per heavy atom. The van der Waals surface area contributed by atoms with Gasteiger partial charge in [-0.05, 0) is 44.2 Å². The van der Waals surface area contributed by atoms with Crippen LogP contribution in [0.4, 0.5) is 4.39 Å². The number of aryl methyl sites for hydroxylation is 1. The summed E-state index contributed by atoms with van der Waals surface area (Å²) in [7, 11) is 0. The third kappa shape index (κ3) is 4.14. The van der Waals surface area contributed by atoms with Gasteiger partial charge in [0.15, 0.2) is 11.5 Å². The highest BCUT2D eigenvalue weighted by Crippen LogP contribution is 2.37. The Balaban J connectivity index is 2.14. The molecule has 3 aromatic carbocycles. The van der Waals surface area contributed by atoms with Gasteiger partial charge < -0.3 is 4.74 Å². The lowest BCUT2D eigenvalue weighted by Crippen LogP contribution is -2.08. The highest BCUT2D eigenvalue weighted by molar-refractivity contribution is 6.31. The van der Waals surface area contributed by atoms with Crippen LogP contribution in [0.3, 0.4) is 0 Å². The van der Waals surface area contributed by atoms with E-state index in [4.69, 9.17) is 27.9 Å². The summed E-state index contributed by atoms with van der Waals surface area (Å²) in [6.45, 7) is 3.83. The normalized spacial score (nSPS) is 10.9. The number of nitrogens with zero attached hydrogens (tertiary/aromatic N) is 2. The predicted molar refractivity (Wildman–Crippen MR) is 125 cm³/mol. The van der Waals surface area contributed by atoms with Crippen molar-refractivity contribution in [1.29, 1.82) is 0 Å². The number of hydrogen-bond acceptors (Lipinski definition) is 3. The summed E-state index contributed by atoms with van der Waals surface area (Å²) in [6, 6.07) is 19.2. The smallest absolute Gasteiger partial charge is 0.359 e. The topological polar surface area (TPSA) is 44.1 Å². The maximum Gasteiger partial charge on any atom is 0.359 e. The van der Waals surface area contributed by atoms with E-state index in [1.54, 1.807) is 47.9 Å². The summed E-state index contributed by atoms with van der Waals surface area (Å²) in [6.07, 6.45) is 0. The Hall–Kier alpha value is -3.15. The first kappa shape index (κ1) is 22.1.